The maximum atomic E-state index is 13.2. The number of aryl methyl sites for hydroxylation is 1. The predicted octanol–water partition coefficient (Wildman–Crippen LogP) is 3.94. The topological polar surface area (TPSA) is 75.1 Å². The number of hydrogen-bond acceptors (Lipinski definition) is 6. The van der Waals surface area contributed by atoms with Gasteiger partial charge in [0.1, 0.15) is 5.69 Å². The molecule has 8 heteroatoms. The van der Waals surface area contributed by atoms with Crippen LogP contribution in [0.1, 0.15) is 40.8 Å². The highest BCUT2D eigenvalue weighted by atomic mass is 35.5. The highest BCUT2D eigenvalue weighted by Crippen LogP contribution is 2.38. The fourth-order valence-electron chi connectivity index (χ4n) is 3.68. The van der Waals surface area contributed by atoms with Crippen molar-refractivity contribution in [3.63, 3.8) is 0 Å². The van der Waals surface area contributed by atoms with Crippen LogP contribution < -0.4 is 4.90 Å². The first-order valence-corrected chi connectivity index (χ1v) is 10.2. The van der Waals surface area contributed by atoms with E-state index < -0.39 is 0 Å². The molecule has 1 aromatic carbocycles. The van der Waals surface area contributed by atoms with Gasteiger partial charge in [-0.1, -0.05) is 23.7 Å². The van der Waals surface area contributed by atoms with Crippen LogP contribution in [-0.2, 0) is 0 Å². The van der Waals surface area contributed by atoms with Crippen molar-refractivity contribution in [2.24, 2.45) is 0 Å². The molecule has 1 fully saturated rings. The van der Waals surface area contributed by atoms with Crippen molar-refractivity contribution >= 4 is 23.5 Å². The van der Waals surface area contributed by atoms with E-state index in [4.69, 9.17) is 16.6 Å². The van der Waals surface area contributed by atoms with E-state index in [2.05, 4.69) is 15.0 Å². The second-order valence-corrected chi connectivity index (χ2v) is 8.01. The van der Waals surface area contributed by atoms with Gasteiger partial charge in [-0.25, -0.2) is 15.0 Å². The van der Waals surface area contributed by atoms with Crippen molar-refractivity contribution in [1.82, 2.24) is 24.8 Å². The second kappa shape index (κ2) is 8.36. The normalized spacial score (nSPS) is 16.0. The number of anilines is 1. The van der Waals surface area contributed by atoms with Crippen molar-refractivity contribution in [3.05, 3.63) is 65.0 Å². The number of halogens is 1. The fourth-order valence-corrected chi connectivity index (χ4v) is 3.87. The van der Waals surface area contributed by atoms with Crippen molar-refractivity contribution in [2.75, 3.05) is 25.5 Å². The molecule has 0 bridgehead atoms. The standard InChI is InChI=1S/C22H23ClN6O/c1-14-11-25-18(13-24-14)21(30)29-9-5-8-19(29)20-17(12-26-22(27-20)28(2)3)15-6-4-7-16(23)10-15/h4,6-7,10-13,19H,5,8-9H2,1-3H3. The summed E-state index contributed by atoms with van der Waals surface area (Å²) in [6, 6.07) is 7.44. The van der Waals surface area contributed by atoms with E-state index in [1.54, 1.807) is 6.20 Å². The maximum Gasteiger partial charge on any atom is 0.274 e. The Kier molecular flexibility index (Phi) is 5.63. The van der Waals surface area contributed by atoms with Crippen LogP contribution in [0.4, 0.5) is 5.95 Å². The van der Waals surface area contributed by atoms with Crippen molar-refractivity contribution in [3.8, 4) is 11.1 Å². The van der Waals surface area contributed by atoms with Crippen molar-refractivity contribution in [1.29, 1.82) is 0 Å². The van der Waals surface area contributed by atoms with Crippen molar-refractivity contribution in [2.45, 2.75) is 25.8 Å². The third-order valence-corrected chi connectivity index (χ3v) is 5.41. The number of likely N-dealkylation sites (tertiary alicyclic amines) is 1. The first kappa shape index (κ1) is 20.2. The molecule has 7 nitrogen and oxygen atoms in total. The Morgan fingerprint density at radius 2 is 2.00 bits per heavy atom. The second-order valence-electron chi connectivity index (χ2n) is 7.57. The lowest BCUT2D eigenvalue weighted by atomic mass is 9.99. The van der Waals surface area contributed by atoms with Gasteiger partial charge in [-0.15, -0.1) is 0 Å². The molecule has 1 saturated heterocycles. The molecule has 1 aliphatic rings. The van der Waals surface area contributed by atoms with Crippen LogP contribution in [0.3, 0.4) is 0 Å². The molecule has 1 atom stereocenters. The van der Waals surface area contributed by atoms with Gasteiger partial charge in [0.25, 0.3) is 5.91 Å². The summed E-state index contributed by atoms with van der Waals surface area (Å²) < 4.78 is 0. The maximum absolute atomic E-state index is 13.2. The van der Waals surface area contributed by atoms with Crippen LogP contribution in [-0.4, -0.2) is 51.4 Å². The number of aromatic nitrogens is 4. The predicted molar refractivity (Wildman–Crippen MR) is 117 cm³/mol. The number of benzene rings is 1. The Morgan fingerprint density at radius 3 is 2.70 bits per heavy atom. The summed E-state index contributed by atoms with van der Waals surface area (Å²) in [5, 5.41) is 0.643. The summed E-state index contributed by atoms with van der Waals surface area (Å²) in [5.74, 6) is 0.470. The fraction of sp³-hybridized carbons (Fsp3) is 0.318. The van der Waals surface area contributed by atoms with E-state index in [9.17, 15) is 4.79 Å². The quantitative estimate of drug-likeness (QED) is 0.634. The van der Waals surface area contributed by atoms with Gasteiger partial charge in [0.05, 0.1) is 23.6 Å². The molecule has 154 valence electrons. The summed E-state index contributed by atoms with van der Waals surface area (Å²) >= 11 is 6.23. The minimum absolute atomic E-state index is 0.132. The van der Waals surface area contributed by atoms with E-state index in [0.29, 0.717) is 23.2 Å². The summed E-state index contributed by atoms with van der Waals surface area (Å²) in [7, 11) is 3.80. The van der Waals surface area contributed by atoms with Crippen LogP contribution >= 0.6 is 11.6 Å². The minimum atomic E-state index is -0.170. The van der Waals surface area contributed by atoms with Crippen LogP contribution in [0.25, 0.3) is 11.1 Å². The molecular formula is C22H23ClN6O. The van der Waals surface area contributed by atoms with Gasteiger partial charge in [-0.2, -0.15) is 0 Å². The zero-order valence-electron chi connectivity index (χ0n) is 17.2. The molecule has 1 unspecified atom stereocenters. The van der Waals surface area contributed by atoms with E-state index in [1.807, 2.05) is 61.3 Å². The minimum Gasteiger partial charge on any atom is -0.347 e. The summed E-state index contributed by atoms with van der Waals surface area (Å²) in [6.45, 7) is 2.50. The van der Waals surface area contributed by atoms with Gasteiger partial charge in [0.15, 0.2) is 0 Å². The molecule has 30 heavy (non-hydrogen) atoms. The number of hydrogen-bond donors (Lipinski definition) is 0. The Morgan fingerprint density at radius 1 is 1.17 bits per heavy atom. The highest BCUT2D eigenvalue weighted by molar-refractivity contribution is 6.30. The third-order valence-electron chi connectivity index (χ3n) is 5.17. The summed E-state index contributed by atoms with van der Waals surface area (Å²) in [5.41, 5.74) is 3.75. The number of rotatable bonds is 4. The third kappa shape index (κ3) is 3.98. The van der Waals surface area contributed by atoms with E-state index in [0.717, 1.165) is 35.4 Å². The lowest BCUT2D eigenvalue weighted by molar-refractivity contribution is 0.0726. The molecule has 4 rings (SSSR count). The molecule has 3 heterocycles. The molecule has 0 radical (unpaired) electrons. The summed E-state index contributed by atoms with van der Waals surface area (Å²) in [4.78, 5) is 34.8. The van der Waals surface area contributed by atoms with Gasteiger partial charge in [-0.3, -0.25) is 9.78 Å². The van der Waals surface area contributed by atoms with Gasteiger partial charge in [0.2, 0.25) is 5.95 Å². The van der Waals surface area contributed by atoms with Gasteiger partial charge >= 0.3 is 0 Å². The SMILES string of the molecule is Cc1cnc(C(=O)N2CCCC2c2nc(N(C)C)ncc2-c2cccc(Cl)c2)cn1. The van der Waals surface area contributed by atoms with E-state index in [1.165, 1.54) is 6.20 Å². The largest absolute Gasteiger partial charge is 0.347 e. The average Bonchev–Trinajstić information content (AvgIpc) is 3.23. The Labute approximate surface area is 180 Å². The molecule has 1 aliphatic heterocycles. The van der Waals surface area contributed by atoms with Crippen molar-refractivity contribution < 1.29 is 4.79 Å². The van der Waals surface area contributed by atoms with Crippen LogP contribution in [0, 0.1) is 6.92 Å². The number of carbonyl (C=O) groups is 1. The molecule has 0 saturated carbocycles. The van der Waals surface area contributed by atoms with Gasteiger partial charge in [-0.05, 0) is 37.5 Å². The lowest BCUT2D eigenvalue weighted by Gasteiger charge is -2.26. The summed E-state index contributed by atoms with van der Waals surface area (Å²) in [6.07, 6.45) is 6.69. The monoisotopic (exact) mass is 422 g/mol. The molecule has 3 aromatic rings. The van der Waals surface area contributed by atoms with Gasteiger partial charge in [0, 0.05) is 43.6 Å². The molecule has 1 amide bonds. The number of amides is 1. The average molecular weight is 423 g/mol. The van der Waals surface area contributed by atoms with E-state index in [-0.39, 0.29) is 11.9 Å². The molecular weight excluding hydrogens is 400 g/mol. The van der Waals surface area contributed by atoms with Crippen LogP contribution in [0.15, 0.2) is 42.9 Å². The molecule has 0 aliphatic carbocycles. The first-order chi connectivity index (χ1) is 14.4. The Balaban J connectivity index is 1.78. The Hall–Kier alpha value is -3.06. The zero-order valence-corrected chi connectivity index (χ0v) is 18.0. The first-order valence-electron chi connectivity index (χ1n) is 9.84. The molecule has 0 spiro atoms. The smallest absolute Gasteiger partial charge is 0.274 e. The van der Waals surface area contributed by atoms with Crippen LogP contribution in [0.2, 0.25) is 5.02 Å². The van der Waals surface area contributed by atoms with E-state index >= 15 is 0 Å². The molecule has 2 aromatic heterocycles. The molecule has 0 N–H and O–H groups in total. The zero-order chi connectivity index (χ0) is 21.3. The number of carbonyl (C=O) groups excluding carboxylic acids is 1. The highest BCUT2D eigenvalue weighted by Gasteiger charge is 2.34. The lowest BCUT2D eigenvalue weighted by Crippen LogP contribution is -2.32. The van der Waals surface area contributed by atoms with Crippen LogP contribution in [0.5, 0.6) is 0 Å². The number of nitrogens with zero attached hydrogens (tertiary/aromatic N) is 6. The van der Waals surface area contributed by atoms with Gasteiger partial charge < -0.3 is 9.80 Å². The Bertz CT molecular complexity index is 1070.